The van der Waals surface area contributed by atoms with Crippen LogP contribution in [-0.4, -0.2) is 30.8 Å². The third-order valence-electron chi connectivity index (χ3n) is 3.57. The van der Waals surface area contributed by atoms with E-state index < -0.39 is 0 Å². The zero-order chi connectivity index (χ0) is 18.2. The highest BCUT2D eigenvalue weighted by molar-refractivity contribution is 6.10. The predicted molar refractivity (Wildman–Crippen MR) is 102 cm³/mol. The van der Waals surface area contributed by atoms with Gasteiger partial charge < -0.3 is 10.0 Å². The summed E-state index contributed by atoms with van der Waals surface area (Å²) in [4.78, 5) is 25.7. The molecule has 0 saturated carbocycles. The van der Waals surface area contributed by atoms with Crippen LogP contribution in [-0.2, 0) is 9.59 Å². The van der Waals surface area contributed by atoms with Crippen LogP contribution in [0.5, 0.6) is 5.75 Å². The van der Waals surface area contributed by atoms with Crippen LogP contribution in [0, 0.1) is 0 Å². The van der Waals surface area contributed by atoms with Crippen molar-refractivity contribution in [2.24, 2.45) is 0 Å². The quantitative estimate of drug-likeness (QED) is 0.619. The normalized spacial score (nSPS) is 11.1. The SMILES string of the molecule is CN(C)c1ccc(C=CC(=O)CC(=O)C=Cc2ccc(O)cc2)cc1. The highest BCUT2D eigenvalue weighted by Crippen LogP contribution is 2.13. The minimum absolute atomic E-state index is 0.166. The molecule has 0 aliphatic heterocycles. The summed E-state index contributed by atoms with van der Waals surface area (Å²) in [5, 5.41) is 9.20. The van der Waals surface area contributed by atoms with E-state index in [1.165, 1.54) is 12.2 Å². The molecule has 128 valence electrons. The molecule has 4 heteroatoms. The Morgan fingerprint density at radius 2 is 1.28 bits per heavy atom. The van der Waals surface area contributed by atoms with Gasteiger partial charge in [-0.1, -0.05) is 36.4 Å². The Balaban J connectivity index is 1.88. The van der Waals surface area contributed by atoms with E-state index in [4.69, 9.17) is 0 Å². The number of anilines is 1. The van der Waals surface area contributed by atoms with Crippen molar-refractivity contribution in [3.05, 3.63) is 71.8 Å². The fourth-order valence-corrected chi connectivity index (χ4v) is 2.14. The minimum Gasteiger partial charge on any atom is -0.508 e. The molecule has 2 aromatic carbocycles. The lowest BCUT2D eigenvalue weighted by atomic mass is 10.1. The highest BCUT2D eigenvalue weighted by atomic mass is 16.3. The van der Waals surface area contributed by atoms with Crippen LogP contribution in [0.15, 0.2) is 60.7 Å². The van der Waals surface area contributed by atoms with E-state index in [1.54, 1.807) is 36.4 Å². The number of phenolic OH excluding ortho intramolecular Hbond substituents is 1. The second kappa shape index (κ2) is 8.64. The van der Waals surface area contributed by atoms with Crippen molar-refractivity contribution in [2.75, 3.05) is 19.0 Å². The molecule has 0 spiro atoms. The van der Waals surface area contributed by atoms with Gasteiger partial charge in [0.1, 0.15) is 5.75 Å². The maximum absolute atomic E-state index is 11.9. The monoisotopic (exact) mass is 335 g/mol. The molecule has 0 fully saturated rings. The molecular formula is C21H21NO3. The van der Waals surface area contributed by atoms with E-state index in [2.05, 4.69) is 0 Å². The number of hydrogen-bond acceptors (Lipinski definition) is 4. The average molecular weight is 335 g/mol. The van der Waals surface area contributed by atoms with Gasteiger partial charge in [0.25, 0.3) is 0 Å². The van der Waals surface area contributed by atoms with E-state index in [0.29, 0.717) is 0 Å². The lowest BCUT2D eigenvalue weighted by molar-refractivity contribution is -0.121. The molecule has 4 nitrogen and oxygen atoms in total. The van der Waals surface area contributed by atoms with Crippen LogP contribution in [0.2, 0.25) is 0 Å². The second-order valence-electron chi connectivity index (χ2n) is 5.85. The maximum atomic E-state index is 11.9. The summed E-state index contributed by atoms with van der Waals surface area (Å²) in [6.07, 6.45) is 5.97. The molecule has 1 N–H and O–H groups in total. The second-order valence-corrected chi connectivity index (χ2v) is 5.85. The van der Waals surface area contributed by atoms with E-state index >= 15 is 0 Å². The first-order valence-electron chi connectivity index (χ1n) is 7.92. The first-order chi connectivity index (χ1) is 11.9. The molecule has 0 aliphatic rings. The summed E-state index contributed by atoms with van der Waals surface area (Å²) in [5.41, 5.74) is 2.78. The van der Waals surface area contributed by atoms with E-state index in [-0.39, 0.29) is 23.7 Å². The van der Waals surface area contributed by atoms with Crippen molar-refractivity contribution in [3.8, 4) is 5.75 Å². The number of hydrogen-bond donors (Lipinski definition) is 1. The maximum Gasteiger partial charge on any atom is 0.163 e. The smallest absolute Gasteiger partial charge is 0.163 e. The molecule has 2 aromatic rings. The first kappa shape index (κ1) is 18.2. The molecule has 0 aromatic heterocycles. The summed E-state index contributed by atoms with van der Waals surface area (Å²) in [5.74, 6) is -0.329. The van der Waals surface area contributed by atoms with Gasteiger partial charge in [0, 0.05) is 19.8 Å². The fourth-order valence-electron chi connectivity index (χ4n) is 2.14. The molecule has 0 heterocycles. The third kappa shape index (κ3) is 6.11. The molecule has 2 rings (SSSR count). The molecular weight excluding hydrogens is 314 g/mol. The number of aromatic hydroxyl groups is 1. The largest absolute Gasteiger partial charge is 0.508 e. The molecule has 0 unspecified atom stereocenters. The lowest BCUT2D eigenvalue weighted by Crippen LogP contribution is -2.07. The summed E-state index contributed by atoms with van der Waals surface area (Å²) in [7, 11) is 3.93. The van der Waals surface area contributed by atoms with Gasteiger partial charge in [-0.15, -0.1) is 0 Å². The molecule has 0 saturated heterocycles. The Hall–Kier alpha value is -3.14. The summed E-state index contributed by atoms with van der Waals surface area (Å²) >= 11 is 0. The number of phenols is 1. The van der Waals surface area contributed by atoms with Gasteiger partial charge in [-0.05, 0) is 47.5 Å². The summed E-state index contributed by atoms with van der Waals surface area (Å²) in [6, 6.07) is 14.2. The van der Waals surface area contributed by atoms with Crippen molar-refractivity contribution in [3.63, 3.8) is 0 Å². The zero-order valence-corrected chi connectivity index (χ0v) is 14.3. The molecule has 0 aliphatic carbocycles. The van der Waals surface area contributed by atoms with Crippen LogP contribution in [0.3, 0.4) is 0 Å². The van der Waals surface area contributed by atoms with Gasteiger partial charge in [-0.25, -0.2) is 0 Å². The Labute approximate surface area is 147 Å². The van der Waals surface area contributed by atoms with Crippen molar-refractivity contribution in [1.29, 1.82) is 0 Å². The van der Waals surface area contributed by atoms with Crippen molar-refractivity contribution < 1.29 is 14.7 Å². The van der Waals surface area contributed by atoms with Crippen LogP contribution >= 0.6 is 0 Å². The molecule has 0 radical (unpaired) electrons. The number of rotatable bonds is 7. The van der Waals surface area contributed by atoms with Crippen molar-refractivity contribution in [2.45, 2.75) is 6.42 Å². The highest BCUT2D eigenvalue weighted by Gasteiger charge is 2.03. The number of carbonyl (C=O) groups excluding carboxylic acids is 2. The van der Waals surface area contributed by atoms with E-state index in [9.17, 15) is 14.7 Å². The van der Waals surface area contributed by atoms with Crippen LogP contribution in [0.25, 0.3) is 12.2 Å². The Morgan fingerprint density at radius 1 is 0.840 bits per heavy atom. The van der Waals surface area contributed by atoms with Crippen molar-refractivity contribution in [1.82, 2.24) is 0 Å². The number of allylic oxidation sites excluding steroid dienone is 2. The zero-order valence-electron chi connectivity index (χ0n) is 14.3. The van der Waals surface area contributed by atoms with Crippen LogP contribution in [0.4, 0.5) is 5.69 Å². The minimum atomic E-state index is -0.259. The molecule has 0 amide bonds. The first-order valence-corrected chi connectivity index (χ1v) is 7.92. The molecule has 25 heavy (non-hydrogen) atoms. The summed E-state index contributed by atoms with van der Waals surface area (Å²) in [6.45, 7) is 0. The topological polar surface area (TPSA) is 57.6 Å². The van der Waals surface area contributed by atoms with Gasteiger partial charge >= 0.3 is 0 Å². The summed E-state index contributed by atoms with van der Waals surface area (Å²) < 4.78 is 0. The average Bonchev–Trinajstić information content (AvgIpc) is 2.60. The number of ketones is 2. The molecule has 0 atom stereocenters. The number of nitrogens with zero attached hydrogens (tertiary/aromatic N) is 1. The van der Waals surface area contributed by atoms with E-state index in [0.717, 1.165) is 16.8 Å². The van der Waals surface area contributed by atoms with Gasteiger partial charge in [-0.3, -0.25) is 9.59 Å². The number of carbonyl (C=O) groups is 2. The van der Waals surface area contributed by atoms with Gasteiger partial charge in [0.15, 0.2) is 11.6 Å². The fraction of sp³-hybridized carbons (Fsp3) is 0.143. The predicted octanol–water partition coefficient (Wildman–Crippen LogP) is 3.71. The van der Waals surface area contributed by atoms with Crippen LogP contribution < -0.4 is 4.90 Å². The molecule has 0 bridgehead atoms. The standard InChI is InChI=1S/C21H21NO3/c1-22(2)18-9-3-16(4-10-18)7-13-20(24)15-21(25)14-8-17-5-11-19(23)12-6-17/h3-14,23H,15H2,1-2H3. The van der Waals surface area contributed by atoms with Crippen molar-refractivity contribution >= 4 is 29.4 Å². The van der Waals surface area contributed by atoms with Gasteiger partial charge in [0.2, 0.25) is 0 Å². The van der Waals surface area contributed by atoms with Crippen LogP contribution in [0.1, 0.15) is 17.5 Å². The Bertz CT molecular complexity index is 785. The Morgan fingerprint density at radius 3 is 1.72 bits per heavy atom. The van der Waals surface area contributed by atoms with Gasteiger partial charge in [0.05, 0.1) is 6.42 Å². The lowest BCUT2D eigenvalue weighted by Gasteiger charge is -2.11. The van der Waals surface area contributed by atoms with E-state index in [1.807, 2.05) is 43.3 Å². The number of benzene rings is 2. The Kier molecular flexibility index (Phi) is 6.29. The van der Waals surface area contributed by atoms with Gasteiger partial charge in [-0.2, -0.15) is 0 Å². The third-order valence-corrected chi connectivity index (χ3v) is 3.57.